The summed E-state index contributed by atoms with van der Waals surface area (Å²) in [5, 5.41) is 4.96. The van der Waals surface area contributed by atoms with Gasteiger partial charge in [-0.05, 0) is 29.5 Å². The highest BCUT2D eigenvalue weighted by Crippen LogP contribution is 2.25. The third-order valence-corrected chi connectivity index (χ3v) is 3.70. The van der Waals surface area contributed by atoms with Crippen molar-refractivity contribution in [2.45, 2.75) is 6.54 Å². The highest BCUT2D eigenvalue weighted by molar-refractivity contribution is 8.18. The summed E-state index contributed by atoms with van der Waals surface area (Å²) in [4.78, 5) is 31.4. The number of carbonyl (C=O) groups is 2. The first kappa shape index (κ1) is 14.3. The molecule has 22 heavy (non-hydrogen) atoms. The Balaban J connectivity index is 1.71. The lowest BCUT2D eigenvalue weighted by Crippen LogP contribution is -2.17. The molecule has 0 radical (unpaired) electrons. The molecule has 2 N–H and O–H groups in total. The molecule has 1 saturated heterocycles. The molecule has 0 spiro atoms. The maximum Gasteiger partial charge on any atom is 0.290 e. The Morgan fingerprint density at radius 1 is 1.18 bits per heavy atom. The largest absolute Gasteiger partial charge is 0.350 e. The number of aromatic nitrogens is 2. The Morgan fingerprint density at radius 2 is 2.00 bits per heavy atom. The van der Waals surface area contributed by atoms with E-state index in [0.717, 1.165) is 17.3 Å². The van der Waals surface area contributed by atoms with Gasteiger partial charge in [-0.2, -0.15) is 0 Å². The molecular formula is C15H12N4O2S. The molecule has 3 rings (SSSR count). The molecule has 110 valence electrons. The number of imide groups is 1. The van der Waals surface area contributed by atoms with E-state index in [4.69, 9.17) is 0 Å². The molecule has 1 fully saturated rings. The fraction of sp³-hybridized carbons (Fsp3) is 0.0667. The number of nitrogens with zero attached hydrogens (tertiary/aromatic N) is 2. The molecule has 0 saturated carbocycles. The second kappa shape index (κ2) is 6.40. The average Bonchev–Trinajstić information content (AvgIpc) is 2.84. The maximum absolute atomic E-state index is 11.5. The predicted molar refractivity (Wildman–Crippen MR) is 84.9 cm³/mol. The first-order valence-electron chi connectivity index (χ1n) is 6.56. The number of nitrogens with one attached hydrogen (secondary N) is 2. The van der Waals surface area contributed by atoms with Crippen LogP contribution in [-0.4, -0.2) is 21.1 Å². The molecule has 2 aromatic rings. The molecule has 1 aromatic carbocycles. The summed E-state index contributed by atoms with van der Waals surface area (Å²) in [6, 6.07) is 11.6. The van der Waals surface area contributed by atoms with Crippen LogP contribution in [0.15, 0.2) is 47.5 Å². The monoisotopic (exact) mass is 312 g/mol. The van der Waals surface area contributed by atoms with Crippen molar-refractivity contribution in [3.63, 3.8) is 0 Å². The molecule has 0 atom stereocenters. The minimum Gasteiger partial charge on any atom is -0.350 e. The smallest absolute Gasteiger partial charge is 0.290 e. The lowest BCUT2D eigenvalue weighted by molar-refractivity contribution is -0.115. The lowest BCUT2D eigenvalue weighted by atomic mass is 10.2. The molecule has 0 aliphatic carbocycles. The van der Waals surface area contributed by atoms with Gasteiger partial charge in [-0.25, -0.2) is 9.97 Å². The van der Waals surface area contributed by atoms with Gasteiger partial charge in [-0.3, -0.25) is 14.9 Å². The Morgan fingerprint density at radius 3 is 2.73 bits per heavy atom. The van der Waals surface area contributed by atoms with Crippen LogP contribution in [-0.2, 0) is 11.3 Å². The van der Waals surface area contributed by atoms with Crippen molar-refractivity contribution >= 4 is 34.9 Å². The number of benzene rings is 1. The Hall–Kier alpha value is -2.67. The standard InChI is InChI=1S/C15H12N4O2S/c20-13-12(22-15(21)19-13)8-11-6-7-16-14(18-11)17-9-10-4-2-1-3-5-10/h1-8H,9H2,(H,16,17,18)(H,19,20,21)/b12-8-. The van der Waals surface area contributed by atoms with Gasteiger partial charge >= 0.3 is 0 Å². The molecule has 1 aliphatic rings. The van der Waals surface area contributed by atoms with Gasteiger partial charge in [0.05, 0.1) is 10.6 Å². The van der Waals surface area contributed by atoms with Crippen molar-refractivity contribution in [2.75, 3.05) is 5.32 Å². The maximum atomic E-state index is 11.5. The SMILES string of the molecule is O=C1NC(=O)/C(=C/c2ccnc(NCc3ccccc3)n2)S1. The van der Waals surface area contributed by atoms with Crippen LogP contribution in [0.3, 0.4) is 0 Å². The van der Waals surface area contributed by atoms with E-state index in [1.54, 1.807) is 18.3 Å². The van der Waals surface area contributed by atoms with Gasteiger partial charge < -0.3 is 5.32 Å². The quantitative estimate of drug-likeness (QED) is 0.844. The first-order chi connectivity index (χ1) is 10.7. The number of hydrogen-bond acceptors (Lipinski definition) is 6. The van der Waals surface area contributed by atoms with E-state index in [-0.39, 0.29) is 5.24 Å². The minimum absolute atomic E-state index is 0.331. The van der Waals surface area contributed by atoms with Crippen LogP contribution in [0, 0.1) is 0 Å². The summed E-state index contributed by atoms with van der Waals surface area (Å²) in [6.45, 7) is 0.606. The van der Waals surface area contributed by atoms with Crippen molar-refractivity contribution in [1.29, 1.82) is 0 Å². The van der Waals surface area contributed by atoms with E-state index in [0.29, 0.717) is 23.1 Å². The number of rotatable bonds is 4. The number of thioether (sulfide) groups is 1. The summed E-state index contributed by atoms with van der Waals surface area (Å²) in [5.74, 6) is 0.0698. The van der Waals surface area contributed by atoms with Gasteiger partial charge in [0.2, 0.25) is 5.95 Å². The fourth-order valence-corrected chi connectivity index (χ4v) is 2.54. The summed E-state index contributed by atoms with van der Waals surface area (Å²) in [5.41, 5.74) is 1.68. The van der Waals surface area contributed by atoms with E-state index in [9.17, 15) is 9.59 Å². The summed E-state index contributed by atoms with van der Waals surface area (Å²) < 4.78 is 0. The van der Waals surface area contributed by atoms with Crippen LogP contribution >= 0.6 is 11.8 Å². The zero-order valence-corrected chi connectivity index (χ0v) is 12.3. The van der Waals surface area contributed by atoms with Crippen molar-refractivity contribution in [3.8, 4) is 0 Å². The van der Waals surface area contributed by atoms with Crippen LogP contribution in [0.4, 0.5) is 10.7 Å². The molecule has 1 aliphatic heterocycles. The average molecular weight is 312 g/mol. The van der Waals surface area contributed by atoms with Crippen molar-refractivity contribution in [1.82, 2.24) is 15.3 Å². The van der Waals surface area contributed by atoms with Gasteiger partial charge in [0.15, 0.2) is 0 Å². The number of hydrogen-bond donors (Lipinski definition) is 2. The number of amides is 2. The van der Waals surface area contributed by atoms with Crippen molar-refractivity contribution in [3.05, 3.63) is 58.8 Å². The predicted octanol–water partition coefficient (Wildman–Crippen LogP) is 2.41. The van der Waals surface area contributed by atoms with Gasteiger partial charge in [0.25, 0.3) is 11.1 Å². The normalized spacial score (nSPS) is 15.9. The zero-order valence-electron chi connectivity index (χ0n) is 11.4. The van der Waals surface area contributed by atoms with E-state index in [1.165, 1.54) is 0 Å². The highest BCUT2D eigenvalue weighted by atomic mass is 32.2. The van der Waals surface area contributed by atoms with Crippen molar-refractivity contribution < 1.29 is 9.59 Å². The molecule has 2 amide bonds. The first-order valence-corrected chi connectivity index (χ1v) is 7.38. The Bertz CT molecular complexity index is 746. The van der Waals surface area contributed by atoms with Crippen LogP contribution in [0.2, 0.25) is 0 Å². The molecule has 0 bridgehead atoms. The van der Waals surface area contributed by atoms with Crippen LogP contribution in [0.25, 0.3) is 6.08 Å². The highest BCUT2D eigenvalue weighted by Gasteiger charge is 2.25. The second-order valence-corrected chi connectivity index (χ2v) is 5.51. The van der Waals surface area contributed by atoms with E-state index in [1.807, 2.05) is 30.3 Å². The van der Waals surface area contributed by atoms with Gasteiger partial charge in [-0.1, -0.05) is 30.3 Å². The molecular weight excluding hydrogens is 300 g/mol. The zero-order chi connectivity index (χ0) is 15.4. The summed E-state index contributed by atoms with van der Waals surface area (Å²) in [6.07, 6.45) is 3.17. The molecule has 1 aromatic heterocycles. The Labute approximate surface area is 131 Å². The fourth-order valence-electron chi connectivity index (χ4n) is 1.87. The molecule has 2 heterocycles. The van der Waals surface area contributed by atoms with Crippen LogP contribution in [0.5, 0.6) is 0 Å². The number of anilines is 1. The van der Waals surface area contributed by atoms with Gasteiger partial charge in [0.1, 0.15) is 0 Å². The van der Waals surface area contributed by atoms with Crippen molar-refractivity contribution in [2.24, 2.45) is 0 Å². The van der Waals surface area contributed by atoms with E-state index >= 15 is 0 Å². The van der Waals surface area contributed by atoms with Gasteiger partial charge in [0, 0.05) is 12.7 Å². The minimum atomic E-state index is -0.396. The molecule has 0 unspecified atom stereocenters. The third-order valence-electron chi connectivity index (χ3n) is 2.89. The lowest BCUT2D eigenvalue weighted by Gasteiger charge is -2.05. The summed E-state index contributed by atoms with van der Waals surface area (Å²) in [7, 11) is 0. The van der Waals surface area contributed by atoms with Crippen LogP contribution in [0.1, 0.15) is 11.3 Å². The number of carbonyl (C=O) groups excluding carboxylic acids is 2. The van der Waals surface area contributed by atoms with E-state index in [2.05, 4.69) is 20.6 Å². The second-order valence-electron chi connectivity index (χ2n) is 4.50. The van der Waals surface area contributed by atoms with E-state index < -0.39 is 5.91 Å². The van der Waals surface area contributed by atoms with Crippen LogP contribution < -0.4 is 10.6 Å². The third kappa shape index (κ3) is 3.50. The van der Waals surface area contributed by atoms with Gasteiger partial charge in [-0.15, -0.1) is 0 Å². The molecule has 6 nitrogen and oxygen atoms in total. The summed E-state index contributed by atoms with van der Waals surface area (Å²) >= 11 is 0.865. The topological polar surface area (TPSA) is 84.0 Å². The Kier molecular flexibility index (Phi) is 4.15. The molecule has 7 heteroatoms.